The van der Waals surface area contributed by atoms with E-state index in [4.69, 9.17) is 0 Å². The molecule has 1 fully saturated rings. The number of hydrogen-bond donors (Lipinski definition) is 0. The van der Waals surface area contributed by atoms with Gasteiger partial charge in [0, 0.05) is 28.8 Å². The predicted molar refractivity (Wildman–Crippen MR) is 118 cm³/mol. The fourth-order valence-electron chi connectivity index (χ4n) is 3.46. The lowest BCUT2D eigenvalue weighted by Gasteiger charge is -2.26. The number of rotatable bonds is 5. The second kappa shape index (κ2) is 9.13. The molecular weight excluding hydrogens is 453 g/mol. The molecule has 4 rings (SSSR count). The summed E-state index contributed by atoms with van der Waals surface area (Å²) in [6, 6.07) is 14.3. The summed E-state index contributed by atoms with van der Waals surface area (Å²) in [6.45, 7) is 1.69. The van der Waals surface area contributed by atoms with Crippen molar-refractivity contribution in [2.45, 2.75) is 24.4 Å². The molecule has 0 unspecified atom stereocenters. The number of carbonyl (C=O) groups is 1. The van der Waals surface area contributed by atoms with Crippen LogP contribution in [0.2, 0.25) is 0 Å². The Morgan fingerprint density at radius 3 is 2.41 bits per heavy atom. The number of thioether (sulfide) groups is 1. The smallest absolute Gasteiger partial charge is 0.233 e. The number of likely N-dealkylation sites (tertiary alicyclic amines) is 1. The third-order valence-electron chi connectivity index (χ3n) is 4.99. The molecule has 1 aliphatic rings. The molecule has 0 radical (unpaired) electrons. The number of halogens is 2. The second-order valence-electron chi connectivity index (χ2n) is 6.97. The molecule has 0 aliphatic carbocycles. The van der Waals surface area contributed by atoms with Crippen LogP contribution < -0.4 is 0 Å². The molecule has 150 valence electrons. The summed E-state index contributed by atoms with van der Waals surface area (Å²) in [5.41, 5.74) is 2.71. The van der Waals surface area contributed by atoms with E-state index in [1.165, 1.54) is 30.3 Å². The van der Waals surface area contributed by atoms with Gasteiger partial charge >= 0.3 is 0 Å². The first kappa shape index (κ1) is 20.2. The predicted octanol–water partition coefficient (Wildman–Crippen LogP) is 5.55. The van der Waals surface area contributed by atoms with Crippen LogP contribution >= 0.6 is 27.7 Å². The van der Waals surface area contributed by atoms with Gasteiger partial charge in [-0.25, -0.2) is 9.37 Å². The molecule has 29 heavy (non-hydrogen) atoms. The number of piperidine rings is 1. The average molecular weight is 474 g/mol. The van der Waals surface area contributed by atoms with Gasteiger partial charge in [-0.15, -0.1) is 0 Å². The Kier molecular flexibility index (Phi) is 6.35. The highest BCUT2D eigenvalue weighted by atomic mass is 79.9. The molecule has 1 amide bonds. The zero-order valence-corrected chi connectivity index (χ0v) is 18.3. The van der Waals surface area contributed by atoms with E-state index < -0.39 is 0 Å². The molecule has 7 heteroatoms. The minimum absolute atomic E-state index is 0.147. The fourth-order valence-corrected chi connectivity index (χ4v) is 4.62. The van der Waals surface area contributed by atoms with Crippen molar-refractivity contribution in [2.75, 3.05) is 18.8 Å². The third kappa shape index (κ3) is 4.73. The maximum Gasteiger partial charge on any atom is 0.233 e. The van der Waals surface area contributed by atoms with Crippen molar-refractivity contribution in [3.8, 4) is 16.9 Å². The number of carbonyl (C=O) groups excluding carboxylic acids is 1. The van der Waals surface area contributed by atoms with E-state index in [2.05, 4.69) is 20.9 Å². The SMILES string of the molecule is O=C(CSc1ncc(-c2ccc(Br)cc2)n1-c1ccc(F)cc1)N1CCCCC1. The zero-order chi connectivity index (χ0) is 20.2. The Morgan fingerprint density at radius 1 is 1.03 bits per heavy atom. The number of benzene rings is 2. The molecular formula is C22H21BrFN3OS. The summed E-state index contributed by atoms with van der Waals surface area (Å²) in [6.07, 6.45) is 5.16. The van der Waals surface area contributed by atoms with Crippen molar-refractivity contribution in [3.63, 3.8) is 0 Å². The number of imidazole rings is 1. The molecule has 0 N–H and O–H groups in total. The van der Waals surface area contributed by atoms with E-state index in [9.17, 15) is 9.18 Å². The minimum atomic E-state index is -0.284. The second-order valence-corrected chi connectivity index (χ2v) is 8.83. The molecule has 1 aromatic heterocycles. The van der Waals surface area contributed by atoms with Gasteiger partial charge in [-0.1, -0.05) is 39.8 Å². The summed E-state index contributed by atoms with van der Waals surface area (Å²) in [5, 5.41) is 0.722. The Labute approximate surface area is 182 Å². The van der Waals surface area contributed by atoms with Crippen molar-refractivity contribution in [1.82, 2.24) is 14.5 Å². The van der Waals surface area contributed by atoms with Gasteiger partial charge in [0.05, 0.1) is 17.6 Å². The van der Waals surface area contributed by atoms with Crippen LogP contribution in [0.5, 0.6) is 0 Å². The van der Waals surface area contributed by atoms with Crippen LogP contribution in [-0.2, 0) is 4.79 Å². The van der Waals surface area contributed by atoms with Crippen LogP contribution in [0.25, 0.3) is 16.9 Å². The van der Waals surface area contributed by atoms with E-state index in [0.29, 0.717) is 5.75 Å². The number of hydrogen-bond acceptors (Lipinski definition) is 3. The van der Waals surface area contributed by atoms with Crippen LogP contribution in [0.15, 0.2) is 64.4 Å². The van der Waals surface area contributed by atoms with Crippen LogP contribution in [-0.4, -0.2) is 39.2 Å². The molecule has 2 aromatic carbocycles. The molecule has 3 aromatic rings. The summed E-state index contributed by atoms with van der Waals surface area (Å²) in [7, 11) is 0. The highest BCUT2D eigenvalue weighted by molar-refractivity contribution is 9.10. The molecule has 2 heterocycles. The largest absolute Gasteiger partial charge is 0.342 e. The van der Waals surface area contributed by atoms with Gasteiger partial charge in [-0.05, 0) is 55.7 Å². The summed E-state index contributed by atoms with van der Waals surface area (Å²) < 4.78 is 16.5. The standard InChI is InChI=1S/C22H21BrFN3OS/c23-17-6-4-16(5-7-17)20-14-25-22(27(20)19-10-8-18(24)9-11-19)29-15-21(28)26-12-2-1-3-13-26/h4-11,14H,1-3,12-13,15H2. The van der Waals surface area contributed by atoms with Crippen LogP contribution in [0, 0.1) is 5.82 Å². The van der Waals surface area contributed by atoms with Gasteiger partial charge in [-0.2, -0.15) is 0 Å². The highest BCUT2D eigenvalue weighted by Crippen LogP contribution is 2.31. The topological polar surface area (TPSA) is 38.1 Å². The van der Waals surface area contributed by atoms with Crippen LogP contribution in [0.3, 0.4) is 0 Å². The van der Waals surface area contributed by atoms with Gasteiger partial charge in [-0.3, -0.25) is 9.36 Å². The van der Waals surface area contributed by atoms with Crippen molar-refractivity contribution in [2.24, 2.45) is 0 Å². The summed E-state index contributed by atoms with van der Waals surface area (Å²) >= 11 is 4.89. The Bertz CT molecular complexity index is 982. The van der Waals surface area contributed by atoms with Gasteiger partial charge in [0.15, 0.2) is 5.16 Å². The first-order valence-corrected chi connectivity index (χ1v) is 11.4. The van der Waals surface area contributed by atoms with Crippen molar-refractivity contribution < 1.29 is 9.18 Å². The summed E-state index contributed by atoms with van der Waals surface area (Å²) in [4.78, 5) is 19.1. The molecule has 0 spiro atoms. The van der Waals surface area contributed by atoms with Gasteiger partial charge < -0.3 is 4.90 Å². The number of nitrogens with zero attached hydrogens (tertiary/aromatic N) is 3. The van der Waals surface area contributed by atoms with Crippen LogP contribution in [0.1, 0.15) is 19.3 Å². The molecule has 4 nitrogen and oxygen atoms in total. The van der Waals surface area contributed by atoms with Crippen molar-refractivity contribution >= 4 is 33.6 Å². The maximum atomic E-state index is 13.5. The van der Waals surface area contributed by atoms with Gasteiger partial charge in [0.25, 0.3) is 0 Å². The zero-order valence-electron chi connectivity index (χ0n) is 15.9. The lowest BCUT2D eigenvalue weighted by molar-refractivity contribution is -0.129. The lowest BCUT2D eigenvalue weighted by Crippen LogP contribution is -2.36. The molecule has 1 aliphatic heterocycles. The van der Waals surface area contributed by atoms with Crippen LogP contribution in [0.4, 0.5) is 4.39 Å². The lowest BCUT2D eigenvalue weighted by atomic mass is 10.1. The van der Waals surface area contributed by atoms with E-state index >= 15 is 0 Å². The van der Waals surface area contributed by atoms with Crippen molar-refractivity contribution in [1.29, 1.82) is 0 Å². The van der Waals surface area contributed by atoms with E-state index in [1.54, 1.807) is 18.3 Å². The minimum Gasteiger partial charge on any atom is -0.342 e. The third-order valence-corrected chi connectivity index (χ3v) is 6.45. The summed E-state index contributed by atoms with van der Waals surface area (Å²) in [5.74, 6) is 0.208. The highest BCUT2D eigenvalue weighted by Gasteiger charge is 2.19. The van der Waals surface area contributed by atoms with Crippen molar-refractivity contribution in [3.05, 3.63) is 65.0 Å². The molecule has 0 bridgehead atoms. The average Bonchev–Trinajstić information content (AvgIpc) is 3.17. The number of amides is 1. The molecule has 0 saturated carbocycles. The Balaban J connectivity index is 1.63. The normalized spacial score (nSPS) is 14.2. The Hall–Kier alpha value is -2.12. The van der Waals surface area contributed by atoms with Gasteiger partial charge in [0.1, 0.15) is 5.82 Å². The van der Waals surface area contributed by atoms with E-state index in [0.717, 1.165) is 52.5 Å². The van der Waals surface area contributed by atoms with Gasteiger partial charge in [0.2, 0.25) is 5.91 Å². The monoisotopic (exact) mass is 473 g/mol. The molecule has 1 saturated heterocycles. The Morgan fingerprint density at radius 2 is 1.72 bits per heavy atom. The molecule has 0 atom stereocenters. The number of aromatic nitrogens is 2. The maximum absolute atomic E-state index is 13.5. The fraction of sp³-hybridized carbons (Fsp3) is 0.273. The quantitative estimate of drug-likeness (QED) is 0.456. The van der Waals surface area contributed by atoms with E-state index in [1.807, 2.05) is 33.7 Å². The first-order chi connectivity index (χ1) is 14.1. The van der Waals surface area contributed by atoms with E-state index in [-0.39, 0.29) is 11.7 Å². The first-order valence-electron chi connectivity index (χ1n) is 9.62.